The number of aryl methyl sites for hydroxylation is 1. The van der Waals surface area contributed by atoms with Crippen LogP contribution in [-0.4, -0.2) is 7.85 Å². The summed E-state index contributed by atoms with van der Waals surface area (Å²) in [4.78, 5) is 0. The minimum atomic E-state index is 0.721. The van der Waals surface area contributed by atoms with E-state index >= 15 is 0 Å². The molecule has 21 heavy (non-hydrogen) atoms. The fourth-order valence-electron chi connectivity index (χ4n) is 6.05. The van der Waals surface area contributed by atoms with Gasteiger partial charge in [-0.25, -0.2) is 0 Å². The zero-order chi connectivity index (χ0) is 14.3. The van der Waals surface area contributed by atoms with Gasteiger partial charge in [0.1, 0.15) is 7.85 Å². The van der Waals surface area contributed by atoms with Crippen molar-refractivity contribution in [2.75, 3.05) is 0 Å². The van der Waals surface area contributed by atoms with Crippen molar-refractivity contribution >= 4 is 13.3 Å². The van der Waals surface area contributed by atoms with E-state index in [1.165, 1.54) is 44.1 Å². The predicted octanol–water partition coefficient (Wildman–Crippen LogP) is 4.41. The Bertz CT molecular complexity index is 508. The van der Waals surface area contributed by atoms with Gasteiger partial charge in [-0.15, -0.1) is 0 Å². The van der Waals surface area contributed by atoms with Gasteiger partial charge in [-0.1, -0.05) is 42.6 Å². The van der Waals surface area contributed by atoms with Gasteiger partial charge in [0.05, 0.1) is 0 Å². The van der Waals surface area contributed by atoms with E-state index in [-0.39, 0.29) is 0 Å². The normalized spacial score (nSPS) is 37.6. The number of rotatable bonds is 4. The van der Waals surface area contributed by atoms with Crippen LogP contribution in [0, 0.1) is 23.2 Å². The van der Waals surface area contributed by atoms with Crippen LogP contribution in [0.4, 0.5) is 0 Å². The van der Waals surface area contributed by atoms with Crippen molar-refractivity contribution in [1.82, 2.24) is 0 Å². The van der Waals surface area contributed by atoms with Gasteiger partial charge in [0, 0.05) is 0 Å². The lowest BCUT2D eigenvalue weighted by Crippen LogP contribution is -2.29. The van der Waals surface area contributed by atoms with Crippen molar-refractivity contribution in [1.29, 1.82) is 0 Å². The van der Waals surface area contributed by atoms with Crippen molar-refractivity contribution in [2.45, 2.75) is 64.2 Å². The van der Waals surface area contributed by atoms with Crippen LogP contribution in [0.25, 0.3) is 0 Å². The molecule has 0 nitrogen and oxygen atoms in total. The van der Waals surface area contributed by atoms with E-state index in [1.807, 2.05) is 6.07 Å². The molecule has 1 aromatic carbocycles. The Morgan fingerprint density at radius 2 is 2.05 bits per heavy atom. The van der Waals surface area contributed by atoms with Crippen LogP contribution in [0.15, 0.2) is 24.3 Å². The second-order valence-electron chi connectivity index (χ2n) is 8.26. The average molecular weight is 278 g/mol. The Labute approximate surface area is 131 Å². The van der Waals surface area contributed by atoms with Gasteiger partial charge in [0.15, 0.2) is 0 Å². The molecule has 3 fully saturated rings. The van der Waals surface area contributed by atoms with Gasteiger partial charge >= 0.3 is 0 Å². The quantitative estimate of drug-likeness (QED) is 0.716. The summed E-state index contributed by atoms with van der Waals surface area (Å²) in [5.41, 5.74) is 3.06. The molecule has 1 heteroatoms. The molecule has 0 heterocycles. The summed E-state index contributed by atoms with van der Waals surface area (Å²) in [6.45, 7) is 0. The Balaban J connectivity index is 1.40. The lowest BCUT2D eigenvalue weighted by atomic mass is 9.65. The Morgan fingerprint density at radius 3 is 2.95 bits per heavy atom. The van der Waals surface area contributed by atoms with Crippen LogP contribution >= 0.6 is 0 Å². The highest BCUT2D eigenvalue weighted by Crippen LogP contribution is 2.60. The van der Waals surface area contributed by atoms with E-state index in [0.717, 1.165) is 28.6 Å². The molecule has 3 aliphatic carbocycles. The zero-order valence-corrected chi connectivity index (χ0v) is 13.2. The lowest BCUT2D eigenvalue weighted by Gasteiger charge is -2.40. The average Bonchev–Trinajstić information content (AvgIpc) is 2.66. The molecule has 0 aromatic heterocycles. The molecule has 0 N–H and O–H groups in total. The zero-order valence-electron chi connectivity index (χ0n) is 13.2. The smallest absolute Gasteiger partial charge is 0.0964 e. The van der Waals surface area contributed by atoms with E-state index < -0.39 is 0 Å². The van der Waals surface area contributed by atoms with Gasteiger partial charge in [0.25, 0.3) is 0 Å². The molecule has 0 aliphatic heterocycles. The molecule has 4 atom stereocenters. The van der Waals surface area contributed by atoms with Crippen LogP contribution in [0.5, 0.6) is 0 Å². The minimum absolute atomic E-state index is 0.721. The monoisotopic (exact) mass is 278 g/mol. The molecule has 0 spiro atoms. The molecule has 4 rings (SSSR count). The van der Waals surface area contributed by atoms with Gasteiger partial charge < -0.3 is 0 Å². The van der Waals surface area contributed by atoms with E-state index in [9.17, 15) is 0 Å². The molecule has 110 valence electrons. The summed E-state index contributed by atoms with van der Waals surface area (Å²) >= 11 is 0. The van der Waals surface area contributed by atoms with Crippen LogP contribution < -0.4 is 5.46 Å². The lowest BCUT2D eigenvalue weighted by molar-refractivity contribution is 0.109. The molecule has 3 bridgehead atoms. The van der Waals surface area contributed by atoms with Crippen molar-refractivity contribution < 1.29 is 0 Å². The SMILES string of the molecule is [B]c1cccc(CCCC23CCCC4CC(CC4C2)C3)c1. The summed E-state index contributed by atoms with van der Waals surface area (Å²) in [7, 11) is 5.90. The van der Waals surface area contributed by atoms with Crippen molar-refractivity contribution in [3.05, 3.63) is 29.8 Å². The maximum Gasteiger partial charge on any atom is 0.113 e. The van der Waals surface area contributed by atoms with E-state index in [0.29, 0.717) is 0 Å². The summed E-state index contributed by atoms with van der Waals surface area (Å²) in [6.07, 6.45) is 14.9. The first-order valence-corrected chi connectivity index (χ1v) is 9.07. The first-order chi connectivity index (χ1) is 10.2. The standard InChI is InChI=1S/C20H27B/c21-19-7-1-4-15(12-19)5-2-8-20-9-3-6-17-10-16(13-20)11-18(17)14-20/h1,4,7,12,16-18H,2-3,5-6,8-11,13-14H2. The summed E-state index contributed by atoms with van der Waals surface area (Å²) in [5, 5.41) is 0. The molecule has 3 aliphatic rings. The van der Waals surface area contributed by atoms with Crippen LogP contribution in [0.3, 0.4) is 0 Å². The Morgan fingerprint density at radius 1 is 1.14 bits per heavy atom. The highest BCUT2D eigenvalue weighted by molar-refractivity contribution is 6.32. The fraction of sp³-hybridized carbons (Fsp3) is 0.700. The second-order valence-corrected chi connectivity index (χ2v) is 8.26. The third kappa shape index (κ3) is 2.81. The number of fused-ring (bicyclic) bond motifs is 2. The van der Waals surface area contributed by atoms with Gasteiger partial charge in [-0.3, -0.25) is 0 Å². The molecule has 3 saturated carbocycles. The molecular weight excluding hydrogens is 251 g/mol. The van der Waals surface area contributed by atoms with Gasteiger partial charge in [0.2, 0.25) is 0 Å². The fourth-order valence-corrected chi connectivity index (χ4v) is 6.05. The van der Waals surface area contributed by atoms with Gasteiger partial charge in [-0.05, 0) is 80.1 Å². The number of hydrogen-bond donors (Lipinski definition) is 0. The second kappa shape index (κ2) is 5.49. The molecule has 4 unspecified atom stereocenters. The van der Waals surface area contributed by atoms with Crippen LogP contribution in [0.2, 0.25) is 0 Å². The highest BCUT2D eigenvalue weighted by atomic mass is 14.5. The Hall–Kier alpha value is -0.715. The van der Waals surface area contributed by atoms with E-state index in [1.54, 1.807) is 25.7 Å². The molecule has 2 radical (unpaired) electrons. The minimum Gasteiger partial charge on any atom is -0.0964 e. The third-order valence-electron chi connectivity index (χ3n) is 6.76. The molecule has 1 aromatic rings. The van der Waals surface area contributed by atoms with Crippen molar-refractivity contribution in [3.63, 3.8) is 0 Å². The Kier molecular flexibility index (Phi) is 3.63. The molecule has 0 amide bonds. The topological polar surface area (TPSA) is 0 Å². The highest BCUT2D eigenvalue weighted by Gasteiger charge is 2.48. The summed E-state index contributed by atoms with van der Waals surface area (Å²) < 4.78 is 0. The number of hydrogen-bond acceptors (Lipinski definition) is 0. The van der Waals surface area contributed by atoms with Crippen molar-refractivity contribution in [2.24, 2.45) is 23.2 Å². The van der Waals surface area contributed by atoms with Crippen LogP contribution in [0.1, 0.15) is 63.4 Å². The number of benzene rings is 1. The molecular formula is C20H27B. The van der Waals surface area contributed by atoms with E-state index in [2.05, 4.69) is 18.2 Å². The van der Waals surface area contributed by atoms with E-state index in [4.69, 9.17) is 7.85 Å². The first-order valence-electron chi connectivity index (χ1n) is 9.07. The maximum atomic E-state index is 5.90. The van der Waals surface area contributed by atoms with Gasteiger partial charge in [-0.2, -0.15) is 0 Å². The first kappa shape index (κ1) is 13.9. The summed E-state index contributed by atoms with van der Waals surface area (Å²) in [5.74, 6) is 3.29. The van der Waals surface area contributed by atoms with Crippen LogP contribution in [-0.2, 0) is 6.42 Å². The largest absolute Gasteiger partial charge is 0.113 e. The van der Waals surface area contributed by atoms with Crippen molar-refractivity contribution in [3.8, 4) is 0 Å². The third-order valence-corrected chi connectivity index (χ3v) is 6.76. The molecule has 0 saturated heterocycles. The maximum absolute atomic E-state index is 5.90. The predicted molar refractivity (Wildman–Crippen MR) is 90.0 cm³/mol. The summed E-state index contributed by atoms with van der Waals surface area (Å²) in [6, 6.07) is 8.49.